The Morgan fingerprint density at radius 1 is 1.39 bits per heavy atom. The minimum atomic E-state index is -0.196. The Kier molecular flexibility index (Phi) is 4.08. The molecular formula is C12H13NO3S2. The third kappa shape index (κ3) is 2.76. The highest BCUT2D eigenvalue weighted by Gasteiger charge is 2.29. The van der Waals surface area contributed by atoms with Gasteiger partial charge in [0.1, 0.15) is 15.8 Å². The molecule has 2 rings (SSSR count). The van der Waals surface area contributed by atoms with Crippen LogP contribution < -0.4 is 14.8 Å². The average Bonchev–Trinajstić information content (AvgIpc) is 2.67. The number of hydrogen-bond donors (Lipinski definition) is 1. The van der Waals surface area contributed by atoms with E-state index in [0.717, 1.165) is 17.1 Å². The molecule has 1 unspecified atom stereocenters. The molecule has 1 aromatic rings. The number of amides is 1. The molecule has 0 radical (unpaired) electrons. The first-order valence-electron chi connectivity index (χ1n) is 5.36. The summed E-state index contributed by atoms with van der Waals surface area (Å²) in [7, 11) is 3.22. The molecule has 18 heavy (non-hydrogen) atoms. The van der Waals surface area contributed by atoms with Gasteiger partial charge in [0.2, 0.25) is 5.91 Å². The second kappa shape index (κ2) is 5.58. The second-order valence-corrected chi connectivity index (χ2v) is 5.64. The molecule has 0 aliphatic carbocycles. The summed E-state index contributed by atoms with van der Waals surface area (Å²) in [4.78, 5) is 11.7. The molecule has 0 aromatic heterocycles. The molecular weight excluding hydrogens is 270 g/mol. The maximum Gasteiger partial charge on any atom is 0.239 e. The van der Waals surface area contributed by atoms with Crippen molar-refractivity contribution in [3.63, 3.8) is 0 Å². The van der Waals surface area contributed by atoms with Crippen LogP contribution in [0.1, 0.15) is 5.56 Å². The van der Waals surface area contributed by atoms with Gasteiger partial charge in [-0.1, -0.05) is 24.0 Å². The van der Waals surface area contributed by atoms with E-state index in [1.54, 1.807) is 14.2 Å². The van der Waals surface area contributed by atoms with Crippen molar-refractivity contribution in [3.05, 3.63) is 23.8 Å². The van der Waals surface area contributed by atoms with Gasteiger partial charge in [0.05, 0.1) is 19.5 Å². The first-order chi connectivity index (χ1) is 8.63. The van der Waals surface area contributed by atoms with Crippen molar-refractivity contribution in [1.82, 2.24) is 5.32 Å². The van der Waals surface area contributed by atoms with Gasteiger partial charge >= 0.3 is 0 Å². The number of nitrogens with one attached hydrogen (secondary N) is 1. The third-order valence-corrected chi connectivity index (χ3v) is 4.03. The molecule has 6 heteroatoms. The van der Waals surface area contributed by atoms with Gasteiger partial charge in [0, 0.05) is 0 Å². The van der Waals surface area contributed by atoms with E-state index >= 15 is 0 Å². The first-order valence-corrected chi connectivity index (χ1v) is 6.65. The Morgan fingerprint density at radius 3 is 2.72 bits per heavy atom. The lowest BCUT2D eigenvalue weighted by atomic mass is 10.1. The van der Waals surface area contributed by atoms with Gasteiger partial charge < -0.3 is 14.8 Å². The molecule has 0 bridgehead atoms. The fourth-order valence-corrected chi connectivity index (χ4v) is 3.06. The zero-order valence-corrected chi connectivity index (χ0v) is 11.7. The normalized spacial score (nSPS) is 18.7. The Morgan fingerprint density at radius 2 is 2.17 bits per heavy atom. The Hall–Kier alpha value is -1.27. The molecule has 4 nitrogen and oxygen atoms in total. The van der Waals surface area contributed by atoms with E-state index in [-0.39, 0.29) is 11.2 Å². The maximum atomic E-state index is 11.7. The van der Waals surface area contributed by atoms with Crippen LogP contribution in [0.5, 0.6) is 11.5 Å². The third-order valence-electron chi connectivity index (χ3n) is 2.66. The number of methoxy groups -OCH3 is 2. The number of thioether (sulfide) groups is 1. The van der Waals surface area contributed by atoms with E-state index < -0.39 is 0 Å². The van der Waals surface area contributed by atoms with Crippen LogP contribution in [0, 0.1) is 0 Å². The van der Waals surface area contributed by atoms with E-state index in [1.807, 2.05) is 18.2 Å². The lowest BCUT2D eigenvalue weighted by Crippen LogP contribution is -2.25. The second-order valence-electron chi connectivity index (χ2n) is 3.77. The average molecular weight is 283 g/mol. The van der Waals surface area contributed by atoms with E-state index in [4.69, 9.17) is 21.7 Å². The van der Waals surface area contributed by atoms with E-state index in [2.05, 4.69) is 5.32 Å². The van der Waals surface area contributed by atoms with Crippen LogP contribution in [-0.4, -0.2) is 29.7 Å². The topological polar surface area (TPSA) is 47.6 Å². The highest BCUT2D eigenvalue weighted by molar-refractivity contribution is 8.24. The molecule has 1 aliphatic heterocycles. The zero-order chi connectivity index (χ0) is 13.1. The Balaban J connectivity index is 2.21. The van der Waals surface area contributed by atoms with Crippen molar-refractivity contribution < 1.29 is 14.3 Å². The first kappa shape index (κ1) is 13.2. The van der Waals surface area contributed by atoms with Gasteiger partial charge in [-0.2, -0.15) is 0 Å². The highest BCUT2D eigenvalue weighted by atomic mass is 32.2. The monoisotopic (exact) mass is 283 g/mol. The van der Waals surface area contributed by atoms with Crippen LogP contribution in [0.25, 0.3) is 0 Å². The van der Waals surface area contributed by atoms with Crippen LogP contribution >= 0.6 is 24.0 Å². The van der Waals surface area contributed by atoms with E-state index in [9.17, 15) is 4.79 Å². The Bertz CT molecular complexity index is 490. The number of ether oxygens (including phenoxy) is 2. The number of benzene rings is 1. The van der Waals surface area contributed by atoms with Crippen LogP contribution in [0.3, 0.4) is 0 Å². The van der Waals surface area contributed by atoms with Crippen LogP contribution in [-0.2, 0) is 11.2 Å². The summed E-state index contributed by atoms with van der Waals surface area (Å²) in [5, 5.41) is 2.44. The van der Waals surface area contributed by atoms with Crippen molar-refractivity contribution in [3.8, 4) is 11.5 Å². The number of rotatable bonds is 4. The molecule has 1 amide bonds. The zero-order valence-electron chi connectivity index (χ0n) is 10.1. The van der Waals surface area contributed by atoms with Gasteiger partial charge in [0.15, 0.2) is 0 Å². The van der Waals surface area contributed by atoms with Gasteiger partial charge in [0.25, 0.3) is 0 Å². The van der Waals surface area contributed by atoms with Crippen molar-refractivity contribution >= 4 is 34.2 Å². The predicted molar refractivity (Wildman–Crippen MR) is 75.4 cm³/mol. The number of hydrogen-bond acceptors (Lipinski definition) is 5. The molecule has 1 heterocycles. The molecule has 1 N–H and O–H groups in total. The molecule has 1 aliphatic rings. The lowest BCUT2D eigenvalue weighted by Gasteiger charge is -2.12. The SMILES string of the molecule is COc1ccc(OC)c(CC2SC(=S)NC2=O)c1. The maximum absolute atomic E-state index is 11.7. The smallest absolute Gasteiger partial charge is 0.239 e. The predicted octanol–water partition coefficient (Wildman–Crippen LogP) is 1.76. The summed E-state index contributed by atoms with van der Waals surface area (Å²) < 4.78 is 11.0. The largest absolute Gasteiger partial charge is 0.497 e. The number of thiocarbonyl (C=S) groups is 1. The van der Waals surface area contributed by atoms with Crippen molar-refractivity contribution in [1.29, 1.82) is 0 Å². The molecule has 1 saturated heterocycles. The molecule has 96 valence electrons. The number of carbonyl (C=O) groups is 1. The minimum absolute atomic E-state index is 0.0464. The summed E-state index contributed by atoms with van der Waals surface area (Å²) in [6, 6.07) is 5.55. The summed E-state index contributed by atoms with van der Waals surface area (Å²) in [6.45, 7) is 0. The highest BCUT2D eigenvalue weighted by Crippen LogP contribution is 2.30. The standard InChI is InChI=1S/C12H13NO3S2/c1-15-8-3-4-9(16-2)7(5-8)6-10-11(14)13-12(17)18-10/h3-5,10H,6H2,1-2H3,(H,13,14,17). The quantitative estimate of drug-likeness (QED) is 0.853. The molecule has 0 saturated carbocycles. The van der Waals surface area contributed by atoms with Crippen LogP contribution in [0.15, 0.2) is 18.2 Å². The summed E-state index contributed by atoms with van der Waals surface area (Å²) in [6.07, 6.45) is 0.566. The fourth-order valence-electron chi connectivity index (χ4n) is 1.77. The fraction of sp³-hybridized carbons (Fsp3) is 0.333. The summed E-state index contributed by atoms with van der Waals surface area (Å²) in [5.74, 6) is 1.45. The van der Waals surface area contributed by atoms with Crippen LogP contribution in [0.2, 0.25) is 0 Å². The van der Waals surface area contributed by atoms with Gasteiger partial charge in [-0.15, -0.1) is 0 Å². The lowest BCUT2D eigenvalue weighted by molar-refractivity contribution is -0.118. The molecule has 1 atom stereocenters. The molecule has 0 spiro atoms. The Labute approximate surface area is 115 Å². The van der Waals surface area contributed by atoms with Crippen LogP contribution in [0.4, 0.5) is 0 Å². The van der Waals surface area contributed by atoms with Crippen molar-refractivity contribution in [2.24, 2.45) is 0 Å². The molecule has 1 fully saturated rings. The van der Waals surface area contributed by atoms with Gasteiger partial charge in [-0.05, 0) is 30.2 Å². The minimum Gasteiger partial charge on any atom is -0.497 e. The van der Waals surface area contributed by atoms with Crippen molar-refractivity contribution in [2.75, 3.05) is 14.2 Å². The van der Waals surface area contributed by atoms with E-state index in [1.165, 1.54) is 11.8 Å². The van der Waals surface area contributed by atoms with E-state index in [0.29, 0.717) is 10.7 Å². The van der Waals surface area contributed by atoms with Gasteiger partial charge in [-0.3, -0.25) is 4.79 Å². The summed E-state index contributed by atoms with van der Waals surface area (Å²) in [5.41, 5.74) is 0.939. The number of carbonyl (C=O) groups excluding carboxylic acids is 1. The molecule has 1 aromatic carbocycles. The summed E-state index contributed by atoms with van der Waals surface area (Å²) >= 11 is 6.35. The van der Waals surface area contributed by atoms with Gasteiger partial charge in [-0.25, -0.2) is 0 Å². The van der Waals surface area contributed by atoms with Crippen molar-refractivity contribution in [2.45, 2.75) is 11.7 Å².